The van der Waals surface area contributed by atoms with E-state index in [-0.39, 0.29) is 6.03 Å². The molecule has 2 amide bonds. The molecule has 0 unspecified atom stereocenters. The molecule has 0 spiro atoms. The fraction of sp³-hybridized carbons (Fsp3) is 0.647. The molecule has 1 aromatic heterocycles. The van der Waals surface area contributed by atoms with E-state index in [0.717, 1.165) is 70.0 Å². The van der Waals surface area contributed by atoms with Crippen LogP contribution in [0.1, 0.15) is 25.3 Å². The maximum atomic E-state index is 12.1. The third-order valence-electron chi connectivity index (χ3n) is 4.79. The van der Waals surface area contributed by atoms with E-state index in [2.05, 4.69) is 33.1 Å². The van der Waals surface area contributed by atoms with Gasteiger partial charge in [-0.15, -0.1) is 0 Å². The summed E-state index contributed by atoms with van der Waals surface area (Å²) in [5.74, 6) is 1.02. The lowest BCUT2D eigenvalue weighted by molar-refractivity contribution is 0.208. The molecule has 1 N–H and O–H groups in total. The maximum Gasteiger partial charge on any atom is 0.317 e. The number of nitrogens with one attached hydrogen (secondary N) is 1. The molecular weight excluding hydrogens is 290 g/mol. The monoisotopic (exact) mass is 317 g/mol. The number of hydrogen-bond acceptors (Lipinski definition) is 4. The number of amides is 2. The molecular formula is C17H27N5O. The Morgan fingerprint density at radius 2 is 1.91 bits per heavy atom. The molecule has 0 radical (unpaired) electrons. The number of likely N-dealkylation sites (N-methyl/N-ethyl adjacent to an activating group) is 1. The van der Waals surface area contributed by atoms with Crippen LogP contribution >= 0.6 is 0 Å². The van der Waals surface area contributed by atoms with Gasteiger partial charge < -0.3 is 20.0 Å². The lowest BCUT2D eigenvalue weighted by atomic mass is 10.2. The number of hydrogen-bond donors (Lipinski definition) is 1. The third-order valence-corrected chi connectivity index (χ3v) is 4.79. The Hall–Kier alpha value is -1.82. The highest BCUT2D eigenvalue weighted by molar-refractivity contribution is 5.74. The third kappa shape index (κ3) is 4.13. The number of nitrogens with zero attached hydrogens (tertiary/aromatic N) is 4. The van der Waals surface area contributed by atoms with Crippen molar-refractivity contribution in [2.24, 2.45) is 0 Å². The maximum absolute atomic E-state index is 12.1. The van der Waals surface area contributed by atoms with Gasteiger partial charge in [0.2, 0.25) is 0 Å². The van der Waals surface area contributed by atoms with Gasteiger partial charge >= 0.3 is 6.03 Å². The van der Waals surface area contributed by atoms with E-state index < -0.39 is 0 Å². The Kier molecular flexibility index (Phi) is 5.33. The van der Waals surface area contributed by atoms with Gasteiger partial charge in [0.15, 0.2) is 0 Å². The minimum Gasteiger partial charge on any atom is -0.354 e. The zero-order valence-corrected chi connectivity index (χ0v) is 14.0. The minimum atomic E-state index is 0.0532. The lowest BCUT2D eigenvalue weighted by Gasteiger charge is -2.34. The number of piperazine rings is 1. The molecule has 2 fully saturated rings. The number of carbonyl (C=O) groups is 1. The number of pyridine rings is 1. The van der Waals surface area contributed by atoms with Crippen molar-refractivity contribution in [3.8, 4) is 0 Å². The second-order valence-corrected chi connectivity index (χ2v) is 6.30. The molecule has 0 saturated carbocycles. The Morgan fingerprint density at radius 1 is 1.17 bits per heavy atom. The molecule has 6 nitrogen and oxygen atoms in total. The first-order chi connectivity index (χ1) is 11.3. The van der Waals surface area contributed by atoms with Crippen molar-refractivity contribution in [2.75, 3.05) is 50.7 Å². The Balaban J connectivity index is 1.54. The topological polar surface area (TPSA) is 51.7 Å². The first-order valence-electron chi connectivity index (χ1n) is 8.71. The van der Waals surface area contributed by atoms with Crippen molar-refractivity contribution in [1.29, 1.82) is 0 Å². The van der Waals surface area contributed by atoms with Gasteiger partial charge in [-0.1, -0.05) is 6.92 Å². The molecule has 23 heavy (non-hydrogen) atoms. The smallest absolute Gasteiger partial charge is 0.317 e. The van der Waals surface area contributed by atoms with E-state index in [1.807, 2.05) is 17.2 Å². The molecule has 2 aliphatic rings. The van der Waals surface area contributed by atoms with Crippen LogP contribution in [0.3, 0.4) is 0 Å². The highest BCUT2D eigenvalue weighted by Gasteiger charge is 2.18. The summed E-state index contributed by atoms with van der Waals surface area (Å²) < 4.78 is 0. The van der Waals surface area contributed by atoms with Gasteiger partial charge in [0.05, 0.1) is 0 Å². The number of carbonyl (C=O) groups excluding carboxylic acids is 1. The summed E-state index contributed by atoms with van der Waals surface area (Å²) in [5.41, 5.74) is 1.11. The van der Waals surface area contributed by atoms with Crippen LogP contribution in [0.5, 0.6) is 0 Å². The second kappa shape index (κ2) is 7.64. The summed E-state index contributed by atoms with van der Waals surface area (Å²) in [7, 11) is 0. The number of likely N-dealkylation sites (tertiary alicyclic amines) is 1. The summed E-state index contributed by atoms with van der Waals surface area (Å²) in [6.07, 6.45) is 4.09. The van der Waals surface area contributed by atoms with Gasteiger partial charge in [0.1, 0.15) is 5.82 Å². The van der Waals surface area contributed by atoms with E-state index in [9.17, 15) is 4.79 Å². The van der Waals surface area contributed by atoms with Crippen molar-refractivity contribution >= 4 is 11.8 Å². The molecule has 1 aromatic rings. The van der Waals surface area contributed by atoms with Crippen LogP contribution in [0.4, 0.5) is 10.6 Å². The van der Waals surface area contributed by atoms with Crippen LogP contribution in [0.15, 0.2) is 18.3 Å². The average Bonchev–Trinajstić information content (AvgIpc) is 3.15. The Bertz CT molecular complexity index is 521. The van der Waals surface area contributed by atoms with Gasteiger partial charge in [-0.05, 0) is 37.1 Å². The van der Waals surface area contributed by atoms with Gasteiger partial charge in [0.25, 0.3) is 0 Å². The van der Waals surface area contributed by atoms with Crippen molar-refractivity contribution < 1.29 is 4.79 Å². The highest BCUT2D eigenvalue weighted by Crippen LogP contribution is 2.15. The number of anilines is 1. The molecule has 0 aliphatic carbocycles. The molecule has 0 bridgehead atoms. The van der Waals surface area contributed by atoms with E-state index in [4.69, 9.17) is 0 Å². The standard InChI is InChI=1S/C17H27N5O/c1-2-20-9-11-21(12-10-20)16-13-15(5-6-18-16)14-19-17(23)22-7-3-4-8-22/h5-6,13H,2-4,7-12,14H2,1H3,(H,19,23). The van der Waals surface area contributed by atoms with Crippen molar-refractivity contribution in [1.82, 2.24) is 20.1 Å². The van der Waals surface area contributed by atoms with E-state index in [1.54, 1.807) is 0 Å². The van der Waals surface area contributed by atoms with Crippen LogP contribution in [-0.4, -0.2) is 66.6 Å². The largest absolute Gasteiger partial charge is 0.354 e. The predicted molar refractivity (Wildman–Crippen MR) is 91.6 cm³/mol. The molecule has 0 atom stereocenters. The summed E-state index contributed by atoms with van der Waals surface area (Å²) in [6, 6.07) is 4.14. The van der Waals surface area contributed by atoms with Gasteiger partial charge in [-0.25, -0.2) is 9.78 Å². The molecule has 3 rings (SSSR count). The zero-order valence-electron chi connectivity index (χ0n) is 14.0. The fourth-order valence-corrected chi connectivity index (χ4v) is 3.25. The highest BCUT2D eigenvalue weighted by atomic mass is 16.2. The SMILES string of the molecule is CCN1CCN(c2cc(CNC(=O)N3CCCC3)ccn2)CC1. The van der Waals surface area contributed by atoms with Crippen molar-refractivity contribution in [3.05, 3.63) is 23.9 Å². The number of urea groups is 1. The number of rotatable bonds is 4. The van der Waals surface area contributed by atoms with Crippen molar-refractivity contribution in [2.45, 2.75) is 26.3 Å². The molecule has 126 valence electrons. The molecule has 0 aromatic carbocycles. The van der Waals surface area contributed by atoms with Crippen LogP contribution in [-0.2, 0) is 6.54 Å². The first kappa shape index (κ1) is 16.1. The van der Waals surface area contributed by atoms with Gasteiger partial charge in [-0.3, -0.25) is 0 Å². The fourth-order valence-electron chi connectivity index (χ4n) is 3.25. The summed E-state index contributed by atoms with van der Waals surface area (Å²) in [4.78, 5) is 23.2. The normalized spacial score (nSPS) is 19.2. The summed E-state index contributed by atoms with van der Waals surface area (Å²) in [6.45, 7) is 9.88. The average molecular weight is 317 g/mol. The summed E-state index contributed by atoms with van der Waals surface area (Å²) >= 11 is 0. The molecule has 2 aliphatic heterocycles. The molecule has 6 heteroatoms. The van der Waals surface area contributed by atoms with E-state index in [0.29, 0.717) is 6.54 Å². The Morgan fingerprint density at radius 3 is 2.61 bits per heavy atom. The minimum absolute atomic E-state index is 0.0532. The van der Waals surface area contributed by atoms with E-state index in [1.165, 1.54) is 0 Å². The number of aromatic nitrogens is 1. The summed E-state index contributed by atoms with van der Waals surface area (Å²) in [5, 5.41) is 3.02. The van der Waals surface area contributed by atoms with Crippen LogP contribution in [0, 0.1) is 0 Å². The molecule has 3 heterocycles. The zero-order chi connectivity index (χ0) is 16.1. The second-order valence-electron chi connectivity index (χ2n) is 6.30. The quantitative estimate of drug-likeness (QED) is 0.915. The van der Waals surface area contributed by atoms with Gasteiger partial charge in [0, 0.05) is 52.0 Å². The van der Waals surface area contributed by atoms with Crippen LogP contribution in [0.2, 0.25) is 0 Å². The first-order valence-corrected chi connectivity index (χ1v) is 8.71. The van der Waals surface area contributed by atoms with Gasteiger partial charge in [-0.2, -0.15) is 0 Å². The van der Waals surface area contributed by atoms with E-state index >= 15 is 0 Å². The predicted octanol–water partition coefficient (Wildman–Crippen LogP) is 1.53. The molecule has 2 saturated heterocycles. The van der Waals surface area contributed by atoms with Crippen LogP contribution < -0.4 is 10.2 Å². The Labute approximate surface area is 138 Å². The van der Waals surface area contributed by atoms with Crippen LogP contribution in [0.25, 0.3) is 0 Å². The van der Waals surface area contributed by atoms with Crippen molar-refractivity contribution in [3.63, 3.8) is 0 Å². The lowest BCUT2D eigenvalue weighted by Crippen LogP contribution is -2.46.